The zero-order valence-corrected chi connectivity index (χ0v) is 18.2. The van der Waals surface area contributed by atoms with Gasteiger partial charge in [0.2, 0.25) is 12.1 Å². The molecule has 2 aliphatic rings. The van der Waals surface area contributed by atoms with Gasteiger partial charge in [0.15, 0.2) is 25.8 Å². The van der Waals surface area contributed by atoms with Crippen LogP contribution in [0.2, 0.25) is 2.82 Å². The molecule has 2 aliphatic heterocycles. The Labute approximate surface area is 196 Å². The van der Waals surface area contributed by atoms with Crippen LogP contribution in [0.15, 0.2) is 36.4 Å². The molecule has 1 saturated heterocycles. The summed E-state index contributed by atoms with van der Waals surface area (Å²) in [7, 11) is 2.71. The first-order chi connectivity index (χ1) is 17.8. The second kappa shape index (κ2) is 8.53. The van der Waals surface area contributed by atoms with Gasteiger partial charge in [0.05, 0.1) is 22.5 Å². The highest BCUT2D eigenvalue weighted by molar-refractivity contribution is 5.91. The molecule has 0 saturated carbocycles. The number of hydrogen-bond acceptors (Lipinski definition) is 9. The lowest BCUT2D eigenvalue weighted by atomic mass is 10.2. The van der Waals surface area contributed by atoms with Crippen molar-refractivity contribution in [1.29, 1.82) is 0 Å². The third kappa shape index (κ3) is 3.88. The SMILES string of the molecule is [2H]c1c(OC)c(OC)c([2H])c2c(N([2H])[2H])nc(N3CCN(C(=O)C4COc5ccccc5O4)CC3)nc12. The summed E-state index contributed by atoms with van der Waals surface area (Å²) < 4.78 is 54.8. The van der Waals surface area contributed by atoms with E-state index in [2.05, 4.69) is 9.97 Å². The average molecular weight is 456 g/mol. The molecule has 0 bridgehead atoms. The van der Waals surface area contributed by atoms with Crippen LogP contribution in [0.4, 0.5) is 11.8 Å². The highest BCUT2D eigenvalue weighted by Crippen LogP contribution is 2.34. The maximum atomic E-state index is 13.1. The van der Waals surface area contributed by atoms with Gasteiger partial charge in [-0.05, 0) is 18.2 Å². The number of fused-ring (bicyclic) bond motifs is 2. The fourth-order valence-corrected chi connectivity index (χ4v) is 3.88. The molecular weight excluding hydrogens is 426 g/mol. The minimum atomic E-state index is -0.742. The van der Waals surface area contributed by atoms with Gasteiger partial charge in [-0.25, -0.2) is 4.98 Å². The molecule has 172 valence electrons. The van der Waals surface area contributed by atoms with E-state index >= 15 is 0 Å². The largest absolute Gasteiger partial charge is 0.493 e. The van der Waals surface area contributed by atoms with Crippen LogP contribution in [-0.2, 0) is 4.79 Å². The standard InChI is InChI=1S/C23H25N5O5/c1-30-18-11-14-15(12-19(18)31-2)25-23(26-21(14)24)28-9-7-27(8-10-28)22(29)20-13-32-16-5-3-4-6-17(16)33-20/h3-6,11-12,20H,7-10,13H2,1-2H3,(H2,24,25,26)/i11D,12D/hD2. The van der Waals surface area contributed by atoms with Gasteiger partial charge in [0.1, 0.15) is 12.4 Å². The van der Waals surface area contributed by atoms with Gasteiger partial charge in [-0.15, -0.1) is 0 Å². The van der Waals surface area contributed by atoms with Crippen molar-refractivity contribution in [2.75, 3.05) is 57.6 Å². The van der Waals surface area contributed by atoms with Crippen molar-refractivity contribution >= 4 is 28.6 Å². The fourth-order valence-electron chi connectivity index (χ4n) is 3.88. The summed E-state index contributed by atoms with van der Waals surface area (Å²) >= 11 is 0. The highest BCUT2D eigenvalue weighted by Gasteiger charge is 2.33. The summed E-state index contributed by atoms with van der Waals surface area (Å²) in [6.07, 6.45) is -0.742. The van der Waals surface area contributed by atoms with Gasteiger partial charge in [-0.1, -0.05) is 12.1 Å². The maximum absolute atomic E-state index is 13.1. The quantitative estimate of drug-likeness (QED) is 0.614. The number of benzene rings is 2. The van der Waals surface area contributed by atoms with E-state index in [0.717, 1.165) is 0 Å². The van der Waals surface area contributed by atoms with Crippen molar-refractivity contribution < 1.29 is 29.3 Å². The molecule has 3 aromatic rings. The number of amides is 1. The number of nitrogens with two attached hydrogens (primary N) is 1. The number of carbonyl (C=O) groups excluding carboxylic acids is 1. The predicted molar refractivity (Wildman–Crippen MR) is 122 cm³/mol. The van der Waals surface area contributed by atoms with Crippen LogP contribution in [-0.4, -0.2) is 73.9 Å². The normalized spacial score (nSPS) is 19.3. The molecule has 10 nitrogen and oxygen atoms in total. The van der Waals surface area contributed by atoms with Gasteiger partial charge < -0.3 is 34.5 Å². The number of carbonyl (C=O) groups is 1. The van der Waals surface area contributed by atoms with Gasteiger partial charge in [0, 0.05) is 37.6 Å². The van der Waals surface area contributed by atoms with E-state index in [1.54, 1.807) is 17.0 Å². The van der Waals surface area contributed by atoms with Crippen molar-refractivity contribution in [3.8, 4) is 23.0 Å². The molecule has 1 aromatic heterocycles. The Morgan fingerprint density at radius 3 is 2.58 bits per heavy atom. The topological polar surface area (TPSA) is 112 Å². The van der Waals surface area contributed by atoms with Crippen LogP contribution in [0.25, 0.3) is 10.9 Å². The molecule has 10 heteroatoms. The van der Waals surface area contributed by atoms with Crippen LogP contribution in [0.1, 0.15) is 2.74 Å². The Balaban J connectivity index is 1.39. The number of nitrogen functional groups attached to an aromatic ring is 1. The maximum Gasteiger partial charge on any atom is 0.267 e. The number of para-hydroxylation sites is 2. The molecule has 1 fully saturated rings. The summed E-state index contributed by atoms with van der Waals surface area (Å²) in [6.45, 7) is 1.62. The number of rotatable bonds is 5. The van der Waals surface area contributed by atoms with E-state index in [0.29, 0.717) is 37.7 Å². The minimum Gasteiger partial charge on any atom is -0.493 e. The van der Waals surface area contributed by atoms with Gasteiger partial charge in [-0.3, -0.25) is 4.79 Å². The van der Waals surface area contributed by atoms with E-state index in [1.165, 1.54) is 14.2 Å². The zero-order valence-electron chi connectivity index (χ0n) is 22.2. The molecule has 1 unspecified atom stereocenters. The van der Waals surface area contributed by atoms with Crippen molar-refractivity contribution in [3.05, 3.63) is 36.4 Å². The van der Waals surface area contributed by atoms with E-state index in [4.69, 9.17) is 24.5 Å². The van der Waals surface area contributed by atoms with E-state index in [-0.39, 0.29) is 64.5 Å². The Hall–Kier alpha value is -3.95. The summed E-state index contributed by atoms with van der Waals surface area (Å²) in [6, 6.07) is 6.89. The lowest BCUT2D eigenvalue weighted by molar-refractivity contribution is -0.141. The number of hydrogen-bond donors (Lipinski definition) is 1. The first kappa shape index (κ1) is 16.7. The smallest absolute Gasteiger partial charge is 0.267 e. The Morgan fingerprint density at radius 1 is 1.12 bits per heavy atom. The highest BCUT2D eigenvalue weighted by atomic mass is 16.6. The molecule has 2 aromatic carbocycles. The predicted octanol–water partition coefficient (Wildman–Crippen LogP) is 1.72. The zero-order chi connectivity index (χ0) is 26.3. The van der Waals surface area contributed by atoms with Crippen LogP contribution in [0.5, 0.6) is 23.0 Å². The lowest BCUT2D eigenvalue weighted by Gasteiger charge is -2.37. The molecule has 0 aliphatic carbocycles. The number of ether oxygens (including phenoxy) is 4. The molecule has 2 N–H and O–H groups in total. The summed E-state index contributed by atoms with van der Waals surface area (Å²) in [5.74, 6) is 1.02. The van der Waals surface area contributed by atoms with Gasteiger partial charge >= 0.3 is 0 Å². The van der Waals surface area contributed by atoms with Crippen LogP contribution in [0, 0.1) is 0 Å². The molecule has 33 heavy (non-hydrogen) atoms. The molecule has 0 radical (unpaired) electrons. The van der Waals surface area contributed by atoms with E-state index in [9.17, 15) is 4.79 Å². The summed E-state index contributed by atoms with van der Waals surface area (Å²) in [5, 5.41) is 0.0416. The molecule has 5 rings (SSSR count). The van der Waals surface area contributed by atoms with Crippen molar-refractivity contribution in [3.63, 3.8) is 0 Å². The summed E-state index contributed by atoms with van der Waals surface area (Å²) in [5.41, 5.74) is 0.353. The molecule has 0 spiro atoms. The number of piperazine rings is 1. The number of anilines is 2. The Morgan fingerprint density at radius 2 is 1.85 bits per heavy atom. The molecule has 1 atom stereocenters. The molecular formula is C23H25N5O5. The van der Waals surface area contributed by atoms with Crippen molar-refractivity contribution in [2.45, 2.75) is 6.10 Å². The Kier molecular flexibility index (Phi) is 4.30. The monoisotopic (exact) mass is 455 g/mol. The van der Waals surface area contributed by atoms with Crippen LogP contribution in [0.3, 0.4) is 0 Å². The lowest BCUT2D eigenvalue weighted by Crippen LogP contribution is -2.54. The molecule has 3 heterocycles. The van der Waals surface area contributed by atoms with Crippen LogP contribution >= 0.6 is 0 Å². The second-order valence-electron chi connectivity index (χ2n) is 7.56. The molecule has 1 amide bonds. The van der Waals surface area contributed by atoms with Crippen molar-refractivity contribution in [1.82, 2.24) is 14.9 Å². The van der Waals surface area contributed by atoms with Gasteiger partial charge in [-0.2, -0.15) is 4.98 Å². The third-order valence-electron chi connectivity index (χ3n) is 5.62. The van der Waals surface area contributed by atoms with Gasteiger partial charge in [0.25, 0.3) is 5.91 Å². The second-order valence-corrected chi connectivity index (χ2v) is 7.56. The number of nitrogens with zero attached hydrogens (tertiary/aromatic N) is 4. The van der Waals surface area contributed by atoms with Crippen LogP contribution < -0.4 is 29.6 Å². The summed E-state index contributed by atoms with van der Waals surface area (Å²) in [4.78, 5) is 25.4. The first-order valence-corrected chi connectivity index (χ1v) is 10.5. The van der Waals surface area contributed by atoms with E-state index in [1.807, 2.05) is 17.0 Å². The minimum absolute atomic E-state index is 0.00288. The number of methoxy groups -OCH3 is 2. The number of aromatic nitrogens is 2. The van der Waals surface area contributed by atoms with Crippen molar-refractivity contribution in [2.24, 2.45) is 0 Å². The average Bonchev–Trinajstić information content (AvgIpc) is 2.93. The van der Waals surface area contributed by atoms with E-state index < -0.39 is 6.10 Å². The Bertz CT molecular complexity index is 1350. The fraction of sp³-hybridized carbons (Fsp3) is 0.348. The first-order valence-electron chi connectivity index (χ1n) is 12.4. The third-order valence-corrected chi connectivity index (χ3v) is 5.62.